The van der Waals surface area contributed by atoms with E-state index >= 15 is 0 Å². The third-order valence-electron chi connectivity index (χ3n) is 2.30. The molecule has 0 aromatic heterocycles. The standard InChI is InChI=1S/C11H10O2/c1-3-8-4-5-9-10(7(8)2)6-13-11(9)12/h3-5H,1,6H2,2H3/i1D2,3D. The first kappa shape index (κ1) is 5.22. The highest BCUT2D eigenvalue weighted by atomic mass is 16.5. The van der Waals surface area contributed by atoms with Gasteiger partial charge in [-0.05, 0) is 24.1 Å². The van der Waals surface area contributed by atoms with Gasteiger partial charge in [0, 0.05) is 5.56 Å². The normalized spacial score (nSPS) is 16.7. The van der Waals surface area contributed by atoms with Crippen molar-refractivity contribution in [1.29, 1.82) is 0 Å². The molecule has 1 aliphatic heterocycles. The third-order valence-corrected chi connectivity index (χ3v) is 2.30. The first-order chi connectivity index (χ1) is 7.52. The van der Waals surface area contributed by atoms with Crippen LogP contribution in [0.15, 0.2) is 18.7 Å². The maximum absolute atomic E-state index is 11.3. The lowest BCUT2D eigenvalue weighted by atomic mass is 9.99. The van der Waals surface area contributed by atoms with Crippen LogP contribution in [0.5, 0.6) is 0 Å². The van der Waals surface area contributed by atoms with Crippen LogP contribution in [0.2, 0.25) is 0 Å². The van der Waals surface area contributed by atoms with Crippen molar-refractivity contribution in [2.75, 3.05) is 0 Å². The second kappa shape index (κ2) is 2.73. The number of hydrogen-bond acceptors (Lipinski definition) is 2. The van der Waals surface area contributed by atoms with Gasteiger partial charge in [-0.15, -0.1) is 0 Å². The van der Waals surface area contributed by atoms with Crippen LogP contribution >= 0.6 is 0 Å². The molecule has 0 N–H and O–H groups in total. The number of hydrogen-bond donors (Lipinski definition) is 0. The number of esters is 1. The molecule has 0 spiro atoms. The van der Waals surface area contributed by atoms with E-state index in [1.807, 2.05) is 0 Å². The Morgan fingerprint density at radius 3 is 3.38 bits per heavy atom. The maximum atomic E-state index is 11.3. The van der Waals surface area contributed by atoms with Gasteiger partial charge in [-0.2, -0.15) is 0 Å². The Kier molecular flexibility index (Phi) is 1.10. The molecule has 66 valence electrons. The van der Waals surface area contributed by atoms with Gasteiger partial charge in [0.1, 0.15) is 6.61 Å². The summed E-state index contributed by atoms with van der Waals surface area (Å²) in [6.07, 6.45) is 0. The third kappa shape index (κ3) is 1.06. The fourth-order valence-electron chi connectivity index (χ4n) is 1.48. The quantitative estimate of drug-likeness (QED) is 0.615. The van der Waals surface area contributed by atoms with Gasteiger partial charge < -0.3 is 4.74 Å². The van der Waals surface area contributed by atoms with Gasteiger partial charge in [-0.25, -0.2) is 4.79 Å². The van der Waals surface area contributed by atoms with E-state index in [-0.39, 0.29) is 18.6 Å². The van der Waals surface area contributed by atoms with Crippen molar-refractivity contribution in [2.45, 2.75) is 13.5 Å². The monoisotopic (exact) mass is 177 g/mol. The number of fused-ring (bicyclic) bond motifs is 1. The van der Waals surface area contributed by atoms with Gasteiger partial charge in [0.2, 0.25) is 0 Å². The van der Waals surface area contributed by atoms with E-state index in [2.05, 4.69) is 0 Å². The van der Waals surface area contributed by atoms with E-state index in [0.717, 1.165) is 11.1 Å². The molecule has 1 aliphatic rings. The lowest BCUT2D eigenvalue weighted by Crippen LogP contribution is -1.94. The number of ether oxygens (including phenoxy) is 1. The lowest BCUT2D eigenvalue weighted by molar-refractivity contribution is 0.0535. The SMILES string of the molecule is [2H]C([2H])=C([2H])c1ccc2c(c1C)COC2=O. The van der Waals surface area contributed by atoms with Gasteiger partial charge in [0.05, 0.1) is 9.68 Å². The topological polar surface area (TPSA) is 26.3 Å². The Bertz CT molecular complexity index is 502. The molecule has 0 bridgehead atoms. The molecule has 1 aromatic rings. The van der Waals surface area contributed by atoms with Crippen LogP contribution < -0.4 is 0 Å². The second-order valence-electron chi connectivity index (χ2n) is 2.97. The molecule has 0 saturated carbocycles. The Morgan fingerprint density at radius 2 is 2.62 bits per heavy atom. The van der Waals surface area contributed by atoms with Crippen LogP contribution in [-0.4, -0.2) is 5.97 Å². The van der Waals surface area contributed by atoms with Gasteiger partial charge in [-0.3, -0.25) is 0 Å². The summed E-state index contributed by atoms with van der Waals surface area (Å²) < 4.78 is 26.7. The van der Waals surface area contributed by atoms with Crippen LogP contribution in [0.1, 0.15) is 31.2 Å². The van der Waals surface area contributed by atoms with Crippen molar-refractivity contribution in [2.24, 2.45) is 0 Å². The van der Waals surface area contributed by atoms with Gasteiger partial charge in [-0.1, -0.05) is 18.6 Å². The van der Waals surface area contributed by atoms with E-state index in [0.29, 0.717) is 11.1 Å². The van der Waals surface area contributed by atoms with Crippen molar-refractivity contribution in [3.63, 3.8) is 0 Å². The van der Waals surface area contributed by atoms with E-state index < -0.39 is 6.53 Å². The average molecular weight is 177 g/mol. The number of carbonyl (C=O) groups is 1. The molecule has 0 saturated heterocycles. The highest BCUT2D eigenvalue weighted by molar-refractivity contribution is 5.94. The van der Waals surface area contributed by atoms with Crippen LogP contribution in [0.4, 0.5) is 0 Å². The first-order valence-corrected chi connectivity index (χ1v) is 3.96. The molecule has 0 aliphatic carbocycles. The average Bonchev–Trinajstić information content (AvgIpc) is 2.61. The fraction of sp³-hybridized carbons (Fsp3) is 0.182. The zero-order chi connectivity index (χ0) is 11.9. The summed E-state index contributed by atoms with van der Waals surface area (Å²) in [6.45, 7) is 1.45. The molecular weight excluding hydrogens is 164 g/mol. The van der Waals surface area contributed by atoms with Crippen molar-refractivity contribution in [1.82, 2.24) is 0 Å². The maximum Gasteiger partial charge on any atom is 0.338 e. The summed E-state index contributed by atoms with van der Waals surface area (Å²) >= 11 is 0. The predicted molar refractivity (Wildman–Crippen MR) is 50.4 cm³/mol. The van der Waals surface area contributed by atoms with Gasteiger partial charge in [0.25, 0.3) is 0 Å². The molecular formula is C11H10O2. The summed E-state index contributed by atoms with van der Waals surface area (Å²) in [4.78, 5) is 11.3. The minimum Gasteiger partial charge on any atom is -0.457 e. The smallest absolute Gasteiger partial charge is 0.338 e. The summed E-state index contributed by atoms with van der Waals surface area (Å²) in [5.74, 6) is -0.350. The minimum atomic E-state index is -0.534. The molecule has 0 amide bonds. The zero-order valence-electron chi connectivity index (χ0n) is 10.2. The van der Waals surface area contributed by atoms with Crippen molar-refractivity contribution in [3.05, 3.63) is 40.9 Å². The van der Waals surface area contributed by atoms with E-state index in [9.17, 15) is 4.79 Å². The van der Waals surface area contributed by atoms with Crippen LogP contribution in [-0.2, 0) is 11.3 Å². The van der Waals surface area contributed by atoms with Crippen LogP contribution in [0.3, 0.4) is 0 Å². The molecule has 0 radical (unpaired) electrons. The highest BCUT2D eigenvalue weighted by Gasteiger charge is 2.22. The minimum absolute atomic E-state index is 0.139. The Balaban J connectivity index is 2.62. The number of rotatable bonds is 1. The largest absolute Gasteiger partial charge is 0.457 e. The molecule has 0 atom stereocenters. The molecule has 1 heterocycles. The van der Waals surface area contributed by atoms with Crippen molar-refractivity contribution in [3.8, 4) is 0 Å². The molecule has 2 heteroatoms. The molecule has 1 aromatic carbocycles. The predicted octanol–water partition coefficient (Wildman–Crippen LogP) is 2.31. The van der Waals surface area contributed by atoms with Crippen molar-refractivity contribution < 1.29 is 13.6 Å². The Labute approximate surface area is 81.1 Å². The van der Waals surface area contributed by atoms with Gasteiger partial charge in [0.15, 0.2) is 0 Å². The summed E-state index contributed by atoms with van der Waals surface area (Å²) in [5, 5.41) is 0. The zero-order valence-corrected chi connectivity index (χ0v) is 7.18. The van der Waals surface area contributed by atoms with Crippen LogP contribution in [0.25, 0.3) is 6.05 Å². The van der Waals surface area contributed by atoms with E-state index in [1.165, 1.54) is 0 Å². The van der Waals surface area contributed by atoms with E-state index in [4.69, 9.17) is 8.85 Å². The van der Waals surface area contributed by atoms with Crippen LogP contribution in [0, 0.1) is 6.92 Å². The molecule has 2 rings (SSSR count). The van der Waals surface area contributed by atoms with Gasteiger partial charge >= 0.3 is 5.97 Å². The number of cyclic esters (lactones) is 1. The molecule has 0 fully saturated rings. The highest BCUT2D eigenvalue weighted by Crippen LogP contribution is 2.26. The molecule has 0 unspecified atom stereocenters. The molecule has 2 nitrogen and oxygen atoms in total. The first-order valence-electron chi connectivity index (χ1n) is 5.46. The van der Waals surface area contributed by atoms with Crippen molar-refractivity contribution >= 4 is 12.0 Å². The molecule has 13 heavy (non-hydrogen) atoms. The number of carbonyl (C=O) groups excluding carboxylic acids is 1. The second-order valence-corrected chi connectivity index (χ2v) is 2.97. The van der Waals surface area contributed by atoms with E-state index in [1.54, 1.807) is 19.1 Å². The summed E-state index contributed by atoms with van der Waals surface area (Å²) in [6, 6.07) is 3.04. The lowest BCUT2D eigenvalue weighted by Gasteiger charge is -2.03. The summed E-state index contributed by atoms with van der Waals surface area (Å²) in [7, 11) is 0. The Morgan fingerprint density at radius 1 is 1.77 bits per heavy atom. The summed E-state index contributed by atoms with van der Waals surface area (Å²) in [5.41, 5.74) is 2.53. The number of benzene rings is 1. The fourth-order valence-corrected chi connectivity index (χ4v) is 1.48. The Hall–Kier alpha value is -1.57.